The van der Waals surface area contributed by atoms with E-state index in [0.29, 0.717) is 45.6 Å². The summed E-state index contributed by atoms with van der Waals surface area (Å²) in [6, 6.07) is 25.5. The number of carbonyl (C=O) groups is 3. The lowest BCUT2D eigenvalue weighted by molar-refractivity contribution is -0.158. The summed E-state index contributed by atoms with van der Waals surface area (Å²) in [4.78, 5) is 44.3. The molecule has 2 atom stereocenters. The van der Waals surface area contributed by atoms with Crippen LogP contribution in [-0.4, -0.2) is 68.9 Å². The smallest absolute Gasteiger partial charge is 0.417 e. The van der Waals surface area contributed by atoms with Crippen LogP contribution < -0.4 is 28.4 Å². The van der Waals surface area contributed by atoms with Gasteiger partial charge in [0.25, 0.3) is 0 Å². The standard InChI is InChI=1S/C41H41NO11/c1-41(2,3)53-34(43)20-28(39(44)42-29(21-48-40(42)45)36(24-12-8-6-9-13-24)25-14-10-7-11-15-25)35(26-16-30(46-4)37-32(18-26)49-22-51-37)27-17-31(47-5)38-33(19-27)50-23-52-38/h6-19,28-29,35-36H,20-23H2,1-5H3/t28-,29+/m1/s1. The number of carbonyl (C=O) groups excluding carboxylic acids is 3. The summed E-state index contributed by atoms with van der Waals surface area (Å²) in [6.45, 7) is 5.14. The van der Waals surface area contributed by atoms with Gasteiger partial charge in [0.1, 0.15) is 12.2 Å². The average molecular weight is 724 g/mol. The van der Waals surface area contributed by atoms with Crippen molar-refractivity contribution < 1.29 is 52.3 Å². The van der Waals surface area contributed by atoms with Gasteiger partial charge in [0.15, 0.2) is 23.0 Å². The van der Waals surface area contributed by atoms with Crippen molar-refractivity contribution >= 4 is 18.0 Å². The van der Waals surface area contributed by atoms with Gasteiger partial charge in [-0.15, -0.1) is 0 Å². The number of esters is 1. The molecule has 0 aliphatic carbocycles. The van der Waals surface area contributed by atoms with Crippen LogP contribution in [0.3, 0.4) is 0 Å². The Morgan fingerprint density at radius 1 is 0.736 bits per heavy atom. The highest BCUT2D eigenvalue weighted by Crippen LogP contribution is 2.50. The molecule has 1 saturated heterocycles. The third-order valence-corrected chi connectivity index (χ3v) is 9.45. The zero-order valence-corrected chi connectivity index (χ0v) is 30.2. The van der Waals surface area contributed by atoms with Gasteiger partial charge in [-0.3, -0.25) is 9.59 Å². The van der Waals surface area contributed by atoms with Crippen LogP contribution in [0.15, 0.2) is 84.9 Å². The largest absolute Gasteiger partial charge is 0.493 e. The number of hydrogen-bond donors (Lipinski definition) is 0. The Morgan fingerprint density at radius 3 is 1.72 bits per heavy atom. The maximum absolute atomic E-state index is 15.4. The summed E-state index contributed by atoms with van der Waals surface area (Å²) < 4.78 is 45.9. The van der Waals surface area contributed by atoms with E-state index in [9.17, 15) is 9.59 Å². The molecule has 4 aromatic carbocycles. The van der Waals surface area contributed by atoms with Crippen LogP contribution in [-0.2, 0) is 19.1 Å². The molecule has 0 aromatic heterocycles. The maximum atomic E-state index is 15.4. The molecule has 12 nitrogen and oxygen atoms in total. The van der Waals surface area contributed by atoms with Crippen LogP contribution in [0.2, 0.25) is 0 Å². The Hall–Kier alpha value is -5.91. The first-order chi connectivity index (χ1) is 25.6. The molecule has 0 N–H and O–H groups in total. The normalized spacial score (nSPS) is 16.5. The molecule has 276 valence electrons. The van der Waals surface area contributed by atoms with Gasteiger partial charge in [0, 0.05) is 11.8 Å². The van der Waals surface area contributed by atoms with Crippen molar-refractivity contribution in [2.24, 2.45) is 5.92 Å². The Morgan fingerprint density at radius 2 is 1.25 bits per heavy atom. The molecule has 0 bridgehead atoms. The molecule has 1 fully saturated rings. The zero-order valence-electron chi connectivity index (χ0n) is 30.2. The van der Waals surface area contributed by atoms with Gasteiger partial charge in [-0.1, -0.05) is 60.7 Å². The SMILES string of the molecule is COc1cc(C(c2cc(OC)c3c(c2)OCO3)[C@@H](CC(=O)OC(C)(C)C)C(=O)N2C(=O)OC[C@H]2C(c2ccccc2)c2ccccc2)cc2c1OCO2. The van der Waals surface area contributed by atoms with E-state index < -0.39 is 53.8 Å². The van der Waals surface area contributed by atoms with Crippen molar-refractivity contribution in [2.75, 3.05) is 34.4 Å². The van der Waals surface area contributed by atoms with Crippen molar-refractivity contribution in [2.45, 2.75) is 50.7 Å². The molecule has 7 rings (SSSR count). The van der Waals surface area contributed by atoms with E-state index in [1.165, 1.54) is 19.1 Å². The molecule has 4 aromatic rings. The lowest BCUT2D eigenvalue weighted by Gasteiger charge is -2.34. The van der Waals surface area contributed by atoms with Gasteiger partial charge in [0.2, 0.25) is 31.0 Å². The Labute approximate surface area is 307 Å². The molecule has 3 heterocycles. The Balaban J connectivity index is 1.41. The highest BCUT2D eigenvalue weighted by Gasteiger charge is 2.48. The van der Waals surface area contributed by atoms with Crippen LogP contribution in [0.1, 0.15) is 61.3 Å². The summed E-state index contributed by atoms with van der Waals surface area (Å²) in [6.07, 6.45) is -1.21. The number of hydrogen-bond acceptors (Lipinski definition) is 11. The highest BCUT2D eigenvalue weighted by molar-refractivity contribution is 5.97. The van der Waals surface area contributed by atoms with Crippen LogP contribution in [0.25, 0.3) is 0 Å². The average Bonchev–Trinajstić information content (AvgIpc) is 3.91. The van der Waals surface area contributed by atoms with Crippen molar-refractivity contribution in [3.8, 4) is 34.5 Å². The van der Waals surface area contributed by atoms with Gasteiger partial charge in [-0.25, -0.2) is 9.69 Å². The predicted octanol–water partition coefficient (Wildman–Crippen LogP) is 6.82. The minimum atomic E-state index is -1.22. The van der Waals surface area contributed by atoms with E-state index >= 15 is 4.79 Å². The molecule has 3 aliphatic rings. The van der Waals surface area contributed by atoms with Gasteiger partial charge >= 0.3 is 12.1 Å². The lowest BCUT2D eigenvalue weighted by Crippen LogP contribution is -2.47. The van der Waals surface area contributed by atoms with Crippen LogP contribution in [0, 0.1) is 5.92 Å². The molecular formula is C41H41NO11. The minimum absolute atomic E-state index is 0.0282. The number of cyclic esters (lactones) is 1. The first kappa shape index (κ1) is 35.5. The van der Waals surface area contributed by atoms with E-state index in [-0.39, 0.29) is 20.2 Å². The fourth-order valence-corrected chi connectivity index (χ4v) is 7.30. The zero-order chi connectivity index (χ0) is 37.3. The number of fused-ring (bicyclic) bond motifs is 2. The lowest BCUT2D eigenvalue weighted by atomic mass is 9.77. The van der Waals surface area contributed by atoms with E-state index in [1.807, 2.05) is 60.7 Å². The first-order valence-electron chi connectivity index (χ1n) is 17.3. The number of amides is 2. The maximum Gasteiger partial charge on any atom is 0.417 e. The molecule has 53 heavy (non-hydrogen) atoms. The van der Waals surface area contributed by atoms with Crippen molar-refractivity contribution in [3.05, 3.63) is 107 Å². The highest BCUT2D eigenvalue weighted by atomic mass is 16.7. The second-order valence-electron chi connectivity index (χ2n) is 13.9. The van der Waals surface area contributed by atoms with E-state index in [2.05, 4.69) is 0 Å². The quantitative estimate of drug-likeness (QED) is 0.151. The molecule has 3 aliphatic heterocycles. The molecule has 0 spiro atoms. The van der Waals surface area contributed by atoms with Gasteiger partial charge in [-0.2, -0.15) is 0 Å². The Kier molecular flexibility index (Phi) is 9.78. The Bertz CT molecular complexity index is 1890. The molecule has 0 unspecified atom stereocenters. The summed E-state index contributed by atoms with van der Waals surface area (Å²) >= 11 is 0. The summed E-state index contributed by atoms with van der Waals surface area (Å²) in [5, 5.41) is 0. The molecular weight excluding hydrogens is 682 g/mol. The summed E-state index contributed by atoms with van der Waals surface area (Å²) in [5.41, 5.74) is 2.01. The van der Waals surface area contributed by atoms with E-state index in [4.69, 9.17) is 37.9 Å². The number of imide groups is 1. The predicted molar refractivity (Wildman–Crippen MR) is 191 cm³/mol. The topological polar surface area (TPSA) is 128 Å². The first-order valence-corrected chi connectivity index (χ1v) is 17.3. The van der Waals surface area contributed by atoms with Crippen molar-refractivity contribution in [3.63, 3.8) is 0 Å². The van der Waals surface area contributed by atoms with Gasteiger partial charge in [0.05, 0.1) is 32.6 Å². The minimum Gasteiger partial charge on any atom is -0.493 e. The number of methoxy groups -OCH3 is 2. The van der Waals surface area contributed by atoms with Crippen molar-refractivity contribution in [1.82, 2.24) is 4.90 Å². The van der Waals surface area contributed by atoms with Crippen LogP contribution in [0.5, 0.6) is 34.5 Å². The molecule has 0 radical (unpaired) electrons. The van der Waals surface area contributed by atoms with Crippen LogP contribution >= 0.6 is 0 Å². The molecule has 2 amide bonds. The number of nitrogens with zero attached hydrogens (tertiary/aromatic N) is 1. The van der Waals surface area contributed by atoms with Gasteiger partial charge in [-0.05, 0) is 67.3 Å². The second-order valence-corrected chi connectivity index (χ2v) is 13.9. The van der Waals surface area contributed by atoms with Crippen LogP contribution in [0.4, 0.5) is 4.79 Å². The summed E-state index contributed by atoms with van der Waals surface area (Å²) in [5.74, 6) is -1.50. The fourth-order valence-electron chi connectivity index (χ4n) is 7.30. The third-order valence-electron chi connectivity index (χ3n) is 9.45. The molecule has 12 heteroatoms. The van der Waals surface area contributed by atoms with Gasteiger partial charge < -0.3 is 37.9 Å². The fraction of sp³-hybridized carbons (Fsp3) is 0.341. The second kappa shape index (κ2) is 14.6. The number of ether oxygens (including phenoxy) is 8. The molecule has 0 saturated carbocycles. The van der Waals surface area contributed by atoms with Crippen molar-refractivity contribution in [1.29, 1.82) is 0 Å². The number of rotatable bonds is 11. The number of benzene rings is 4. The van der Waals surface area contributed by atoms with E-state index in [0.717, 1.165) is 11.1 Å². The van der Waals surface area contributed by atoms with E-state index in [1.54, 1.807) is 45.0 Å². The summed E-state index contributed by atoms with van der Waals surface area (Å²) in [7, 11) is 3.00. The monoisotopic (exact) mass is 723 g/mol. The third kappa shape index (κ3) is 7.13.